The van der Waals surface area contributed by atoms with Crippen molar-refractivity contribution in [2.24, 2.45) is 0 Å². The van der Waals surface area contributed by atoms with E-state index in [1.54, 1.807) is 16.8 Å². The second-order valence-corrected chi connectivity index (χ2v) is 3.61. The van der Waals surface area contributed by atoms with E-state index in [0.29, 0.717) is 10.8 Å². The fraction of sp³-hybridized carbons (Fsp3) is 0.444. The van der Waals surface area contributed by atoms with Gasteiger partial charge >= 0.3 is 0 Å². The van der Waals surface area contributed by atoms with Crippen molar-refractivity contribution in [3.8, 4) is 0 Å². The van der Waals surface area contributed by atoms with Gasteiger partial charge in [0.2, 0.25) is 0 Å². The summed E-state index contributed by atoms with van der Waals surface area (Å²) in [4.78, 5) is 3.93. The van der Waals surface area contributed by atoms with Gasteiger partial charge in [-0.2, -0.15) is 0 Å². The summed E-state index contributed by atoms with van der Waals surface area (Å²) in [6.45, 7) is 0.200. The molecule has 0 aliphatic carbocycles. The number of fused-ring (bicyclic) bond motifs is 1. The highest BCUT2D eigenvalue weighted by Gasteiger charge is 2.07. The molecule has 0 aliphatic heterocycles. The maximum atomic E-state index is 8.68. The second-order valence-electron chi connectivity index (χ2n) is 3.22. The third kappa shape index (κ3) is 2.08. The molecular formula is C9H11ClN4O. The fourth-order valence-corrected chi connectivity index (χ4v) is 1.67. The first-order valence-corrected chi connectivity index (χ1v) is 5.15. The number of hydrogen-bond acceptors (Lipinski definition) is 4. The summed E-state index contributed by atoms with van der Waals surface area (Å²) in [5.41, 5.74) is 0.654. The molecule has 0 saturated heterocycles. The van der Waals surface area contributed by atoms with Crippen LogP contribution in [0.5, 0.6) is 0 Å². The van der Waals surface area contributed by atoms with E-state index in [4.69, 9.17) is 16.7 Å². The van der Waals surface area contributed by atoms with Crippen LogP contribution in [0.4, 0.5) is 0 Å². The zero-order chi connectivity index (χ0) is 10.7. The standard InChI is InChI=1S/C9H11ClN4O/c10-7-5-11-6-9-13-12-8(14(7)9)3-1-2-4-15/h5-6,15H,1-4H2. The van der Waals surface area contributed by atoms with Gasteiger partial charge in [-0.1, -0.05) is 11.6 Å². The molecule has 0 bridgehead atoms. The summed E-state index contributed by atoms with van der Waals surface area (Å²) >= 11 is 5.99. The molecule has 80 valence electrons. The summed E-state index contributed by atoms with van der Waals surface area (Å²) in [5, 5.41) is 17.2. The van der Waals surface area contributed by atoms with E-state index in [9.17, 15) is 0 Å². The Hall–Kier alpha value is -1.20. The largest absolute Gasteiger partial charge is 0.396 e. The van der Waals surface area contributed by atoms with Gasteiger partial charge in [-0.15, -0.1) is 10.2 Å². The van der Waals surface area contributed by atoms with E-state index in [0.717, 1.165) is 25.1 Å². The summed E-state index contributed by atoms with van der Waals surface area (Å²) in [7, 11) is 0. The lowest BCUT2D eigenvalue weighted by atomic mass is 10.2. The molecule has 2 aromatic heterocycles. The van der Waals surface area contributed by atoms with Crippen LogP contribution < -0.4 is 0 Å². The third-order valence-electron chi connectivity index (χ3n) is 2.15. The molecule has 0 saturated carbocycles. The zero-order valence-electron chi connectivity index (χ0n) is 8.10. The zero-order valence-corrected chi connectivity index (χ0v) is 8.85. The highest BCUT2D eigenvalue weighted by Crippen LogP contribution is 2.13. The minimum absolute atomic E-state index is 0.200. The van der Waals surface area contributed by atoms with Gasteiger partial charge in [-0.25, -0.2) is 0 Å². The molecule has 2 aromatic rings. The fourth-order valence-electron chi connectivity index (χ4n) is 1.43. The van der Waals surface area contributed by atoms with E-state index in [1.165, 1.54) is 0 Å². The topological polar surface area (TPSA) is 63.3 Å². The Labute approximate surface area is 91.7 Å². The van der Waals surface area contributed by atoms with E-state index in [1.807, 2.05) is 0 Å². The molecule has 1 N–H and O–H groups in total. The molecular weight excluding hydrogens is 216 g/mol. The lowest BCUT2D eigenvalue weighted by molar-refractivity contribution is 0.284. The van der Waals surface area contributed by atoms with E-state index in [-0.39, 0.29) is 6.61 Å². The molecule has 0 aromatic carbocycles. The van der Waals surface area contributed by atoms with Crippen LogP contribution >= 0.6 is 11.6 Å². The van der Waals surface area contributed by atoms with Gasteiger partial charge in [0.15, 0.2) is 5.65 Å². The molecule has 6 heteroatoms. The number of hydrogen-bond donors (Lipinski definition) is 1. The predicted molar refractivity (Wildman–Crippen MR) is 55.8 cm³/mol. The molecule has 0 unspecified atom stereocenters. The van der Waals surface area contributed by atoms with E-state index < -0.39 is 0 Å². The van der Waals surface area contributed by atoms with Gasteiger partial charge in [0.25, 0.3) is 0 Å². The number of aromatic nitrogens is 4. The SMILES string of the molecule is OCCCCc1nnc2cncc(Cl)n12. The van der Waals surface area contributed by atoms with Crippen LogP contribution in [0.25, 0.3) is 5.65 Å². The van der Waals surface area contributed by atoms with Crippen LogP contribution in [0.2, 0.25) is 5.15 Å². The van der Waals surface area contributed by atoms with Crippen molar-refractivity contribution in [1.82, 2.24) is 19.6 Å². The molecule has 0 amide bonds. The molecule has 0 atom stereocenters. The molecule has 2 heterocycles. The summed E-state index contributed by atoms with van der Waals surface area (Å²) in [6, 6.07) is 0. The first-order valence-electron chi connectivity index (χ1n) is 4.77. The first-order chi connectivity index (χ1) is 7.33. The lowest BCUT2D eigenvalue weighted by Gasteiger charge is -2.00. The first kappa shape index (κ1) is 10.3. The number of aliphatic hydroxyl groups excluding tert-OH is 1. The van der Waals surface area contributed by atoms with E-state index in [2.05, 4.69) is 15.2 Å². The Balaban J connectivity index is 2.27. The lowest BCUT2D eigenvalue weighted by Crippen LogP contribution is -1.97. The molecule has 15 heavy (non-hydrogen) atoms. The van der Waals surface area contributed by atoms with Crippen LogP contribution in [-0.4, -0.2) is 31.3 Å². The van der Waals surface area contributed by atoms with Crippen molar-refractivity contribution in [2.45, 2.75) is 19.3 Å². The quantitative estimate of drug-likeness (QED) is 0.793. The van der Waals surface area contributed by atoms with Crippen LogP contribution in [0.1, 0.15) is 18.7 Å². The van der Waals surface area contributed by atoms with Gasteiger partial charge in [-0.05, 0) is 12.8 Å². The second kappa shape index (κ2) is 4.55. The normalized spacial score (nSPS) is 11.1. The number of aliphatic hydroxyl groups is 1. The number of rotatable bonds is 4. The number of halogens is 1. The molecule has 0 aliphatic rings. The summed E-state index contributed by atoms with van der Waals surface area (Å²) in [5.74, 6) is 0.811. The van der Waals surface area contributed by atoms with Gasteiger partial charge in [0.1, 0.15) is 11.0 Å². The van der Waals surface area contributed by atoms with Crippen molar-refractivity contribution < 1.29 is 5.11 Å². The van der Waals surface area contributed by atoms with Gasteiger partial charge in [0, 0.05) is 13.0 Å². The highest BCUT2D eigenvalue weighted by molar-refractivity contribution is 6.29. The maximum absolute atomic E-state index is 8.68. The van der Waals surface area contributed by atoms with Crippen molar-refractivity contribution in [2.75, 3.05) is 6.61 Å². The minimum atomic E-state index is 0.200. The van der Waals surface area contributed by atoms with Gasteiger partial charge in [0.05, 0.1) is 12.4 Å². The van der Waals surface area contributed by atoms with Gasteiger partial charge < -0.3 is 5.11 Å². The number of aryl methyl sites for hydroxylation is 1. The smallest absolute Gasteiger partial charge is 0.180 e. The van der Waals surface area contributed by atoms with Crippen molar-refractivity contribution in [3.63, 3.8) is 0 Å². The Bertz CT molecular complexity index is 456. The number of unbranched alkanes of at least 4 members (excludes halogenated alkanes) is 1. The van der Waals surface area contributed by atoms with Gasteiger partial charge in [-0.3, -0.25) is 9.38 Å². The van der Waals surface area contributed by atoms with Crippen LogP contribution in [-0.2, 0) is 6.42 Å². The molecule has 0 spiro atoms. The molecule has 2 rings (SSSR count). The van der Waals surface area contributed by atoms with Crippen molar-refractivity contribution >= 4 is 17.2 Å². The van der Waals surface area contributed by atoms with Crippen LogP contribution in [0.15, 0.2) is 12.4 Å². The molecule has 0 fully saturated rings. The van der Waals surface area contributed by atoms with Crippen molar-refractivity contribution in [3.05, 3.63) is 23.4 Å². The highest BCUT2D eigenvalue weighted by atomic mass is 35.5. The Morgan fingerprint density at radius 1 is 1.27 bits per heavy atom. The minimum Gasteiger partial charge on any atom is -0.396 e. The summed E-state index contributed by atoms with van der Waals surface area (Å²) < 4.78 is 1.77. The van der Waals surface area contributed by atoms with E-state index >= 15 is 0 Å². The Morgan fingerprint density at radius 3 is 2.93 bits per heavy atom. The Kier molecular flexibility index (Phi) is 3.13. The molecule has 5 nitrogen and oxygen atoms in total. The molecule has 0 radical (unpaired) electrons. The third-order valence-corrected chi connectivity index (χ3v) is 2.41. The maximum Gasteiger partial charge on any atom is 0.180 e. The number of nitrogens with zero attached hydrogens (tertiary/aromatic N) is 4. The van der Waals surface area contributed by atoms with Crippen LogP contribution in [0.3, 0.4) is 0 Å². The van der Waals surface area contributed by atoms with Crippen molar-refractivity contribution in [1.29, 1.82) is 0 Å². The average Bonchev–Trinajstić information content (AvgIpc) is 2.63. The van der Waals surface area contributed by atoms with Crippen LogP contribution in [0, 0.1) is 0 Å². The monoisotopic (exact) mass is 226 g/mol. The predicted octanol–water partition coefficient (Wildman–Crippen LogP) is 1.09. The average molecular weight is 227 g/mol. The Morgan fingerprint density at radius 2 is 2.13 bits per heavy atom. The summed E-state index contributed by atoms with van der Waals surface area (Å²) in [6.07, 6.45) is 5.57.